The Morgan fingerprint density at radius 2 is 1.86 bits per heavy atom. The van der Waals surface area contributed by atoms with E-state index in [0.29, 0.717) is 16.5 Å². The van der Waals surface area contributed by atoms with Gasteiger partial charge in [-0.15, -0.1) is 0 Å². The van der Waals surface area contributed by atoms with Gasteiger partial charge in [-0.25, -0.2) is 0 Å². The van der Waals surface area contributed by atoms with Crippen molar-refractivity contribution in [2.45, 2.75) is 25.4 Å². The molecule has 0 spiro atoms. The van der Waals surface area contributed by atoms with Crippen molar-refractivity contribution in [2.75, 3.05) is 0 Å². The average molecular weight is 383 g/mol. The molecule has 0 saturated heterocycles. The van der Waals surface area contributed by atoms with Crippen molar-refractivity contribution in [3.63, 3.8) is 0 Å². The lowest BCUT2D eigenvalue weighted by Crippen LogP contribution is -2.56. The maximum atomic E-state index is 13.2. The number of phenolic OH excluding ortho intramolecular Hbond substituents is 2. The normalized spacial score (nSPS) is 24.3. The predicted octanol–water partition coefficient (Wildman–Crippen LogP) is 0.916. The summed E-state index contributed by atoms with van der Waals surface area (Å²) in [6.07, 6.45) is -0.354. The van der Waals surface area contributed by atoms with Gasteiger partial charge >= 0.3 is 0 Å². The van der Waals surface area contributed by atoms with Crippen molar-refractivity contribution in [1.82, 2.24) is 0 Å². The number of benzene rings is 2. The van der Waals surface area contributed by atoms with Gasteiger partial charge in [0, 0.05) is 12.3 Å². The molecule has 1 amide bonds. The van der Waals surface area contributed by atoms with Gasteiger partial charge in [-0.2, -0.15) is 0 Å². The van der Waals surface area contributed by atoms with Crippen LogP contribution in [-0.2, 0) is 16.0 Å². The van der Waals surface area contributed by atoms with E-state index in [2.05, 4.69) is 0 Å². The number of amides is 1. The van der Waals surface area contributed by atoms with Gasteiger partial charge in [0.1, 0.15) is 22.8 Å². The zero-order valence-corrected chi connectivity index (χ0v) is 14.8. The SMILES string of the molecule is Cc1c2c(c(O)c3c(O)cccc13)C(=O)[C@]1(O)C(O)=C(C(N)=O)C(=O)C[C@H]1C2. The van der Waals surface area contributed by atoms with Crippen LogP contribution in [0.5, 0.6) is 11.5 Å². The van der Waals surface area contributed by atoms with Crippen LogP contribution in [0, 0.1) is 12.8 Å². The van der Waals surface area contributed by atoms with E-state index in [1.165, 1.54) is 6.07 Å². The third-order valence-corrected chi connectivity index (χ3v) is 5.84. The maximum absolute atomic E-state index is 13.2. The summed E-state index contributed by atoms with van der Waals surface area (Å²) in [5.74, 6) is -5.94. The Hall–Kier alpha value is -3.39. The van der Waals surface area contributed by atoms with Crippen molar-refractivity contribution >= 4 is 28.2 Å². The Labute approximate surface area is 158 Å². The number of aryl methyl sites for hydroxylation is 1. The molecule has 0 aliphatic heterocycles. The fraction of sp³-hybridized carbons (Fsp3) is 0.250. The molecule has 2 aromatic rings. The first-order chi connectivity index (χ1) is 13.1. The number of aromatic hydroxyl groups is 2. The first-order valence-electron chi connectivity index (χ1n) is 8.60. The van der Waals surface area contributed by atoms with Crippen LogP contribution in [0.2, 0.25) is 0 Å². The summed E-state index contributed by atoms with van der Waals surface area (Å²) in [5, 5.41) is 43.0. The van der Waals surface area contributed by atoms with Crippen molar-refractivity contribution in [2.24, 2.45) is 11.7 Å². The molecule has 2 aliphatic rings. The molecule has 6 N–H and O–H groups in total. The van der Waals surface area contributed by atoms with E-state index in [9.17, 15) is 34.8 Å². The van der Waals surface area contributed by atoms with Crippen molar-refractivity contribution in [1.29, 1.82) is 0 Å². The first-order valence-corrected chi connectivity index (χ1v) is 8.60. The topological polar surface area (TPSA) is 158 Å². The van der Waals surface area contributed by atoms with Crippen LogP contribution in [0.15, 0.2) is 29.5 Å². The van der Waals surface area contributed by atoms with Crippen LogP contribution in [0.25, 0.3) is 10.8 Å². The number of phenols is 2. The number of aliphatic hydroxyl groups is 2. The zero-order chi connectivity index (χ0) is 20.5. The monoisotopic (exact) mass is 383 g/mol. The third-order valence-electron chi connectivity index (χ3n) is 5.84. The molecule has 4 rings (SSSR count). The standard InChI is InChI=1S/C20H17NO7/c1-7-9-3-2-4-11(22)13(9)16(24)14-10(7)5-8-6-12(23)15(19(21)27)18(26)20(8,28)17(14)25/h2-4,8,22,24,26,28H,5-6H2,1H3,(H2,21,27)/t8-,20+/m1/s1. The minimum atomic E-state index is -2.56. The Kier molecular flexibility index (Phi) is 3.57. The molecule has 0 unspecified atom stereocenters. The summed E-state index contributed by atoms with van der Waals surface area (Å²) in [7, 11) is 0. The molecule has 0 saturated carbocycles. The Morgan fingerprint density at radius 1 is 1.18 bits per heavy atom. The summed E-state index contributed by atoms with van der Waals surface area (Å²) < 4.78 is 0. The van der Waals surface area contributed by atoms with E-state index < -0.39 is 46.1 Å². The molecule has 144 valence electrons. The Morgan fingerprint density at radius 3 is 2.50 bits per heavy atom. The Bertz CT molecular complexity index is 1150. The molecule has 8 heteroatoms. The number of aliphatic hydroxyl groups excluding tert-OH is 1. The van der Waals surface area contributed by atoms with Gasteiger partial charge < -0.3 is 26.2 Å². The van der Waals surface area contributed by atoms with Crippen LogP contribution in [0.3, 0.4) is 0 Å². The van der Waals surface area contributed by atoms with Crippen LogP contribution in [0.1, 0.15) is 27.9 Å². The highest BCUT2D eigenvalue weighted by Crippen LogP contribution is 2.49. The molecule has 2 atom stereocenters. The number of carbonyl (C=O) groups is 3. The van der Waals surface area contributed by atoms with Gasteiger partial charge in [-0.3, -0.25) is 14.4 Å². The summed E-state index contributed by atoms with van der Waals surface area (Å²) in [5.41, 5.74) is 2.53. The van der Waals surface area contributed by atoms with Gasteiger partial charge in [0.15, 0.2) is 11.4 Å². The fourth-order valence-corrected chi connectivity index (χ4v) is 4.41. The van der Waals surface area contributed by atoms with Crippen molar-refractivity contribution < 1.29 is 34.8 Å². The zero-order valence-electron chi connectivity index (χ0n) is 14.8. The lowest BCUT2D eigenvalue weighted by molar-refractivity contribution is -0.125. The molecule has 0 radical (unpaired) electrons. The van der Waals surface area contributed by atoms with E-state index >= 15 is 0 Å². The molecule has 28 heavy (non-hydrogen) atoms. The number of primary amides is 1. The number of ketones is 2. The third kappa shape index (κ3) is 2.00. The molecule has 0 bridgehead atoms. The highest BCUT2D eigenvalue weighted by Gasteiger charge is 2.58. The second-order valence-corrected chi connectivity index (χ2v) is 7.24. The number of carbonyl (C=O) groups excluding carboxylic acids is 3. The lowest BCUT2D eigenvalue weighted by atomic mass is 9.63. The maximum Gasteiger partial charge on any atom is 0.255 e. The van der Waals surface area contributed by atoms with Gasteiger partial charge in [-0.05, 0) is 35.9 Å². The van der Waals surface area contributed by atoms with Crippen LogP contribution in [-0.4, -0.2) is 43.5 Å². The fourth-order valence-electron chi connectivity index (χ4n) is 4.41. The predicted molar refractivity (Wildman–Crippen MR) is 97.0 cm³/mol. The summed E-state index contributed by atoms with van der Waals surface area (Å²) in [6.45, 7) is 1.70. The molecule has 8 nitrogen and oxygen atoms in total. The number of hydrogen-bond acceptors (Lipinski definition) is 7. The molecule has 0 aromatic heterocycles. The highest BCUT2D eigenvalue weighted by atomic mass is 16.3. The number of hydrogen-bond donors (Lipinski definition) is 5. The van der Waals surface area contributed by atoms with E-state index in [4.69, 9.17) is 5.73 Å². The molecule has 0 fully saturated rings. The smallest absolute Gasteiger partial charge is 0.255 e. The lowest BCUT2D eigenvalue weighted by Gasteiger charge is -2.42. The summed E-state index contributed by atoms with van der Waals surface area (Å²) in [4.78, 5) is 37.0. The van der Waals surface area contributed by atoms with Crippen LogP contribution >= 0.6 is 0 Å². The van der Waals surface area contributed by atoms with Crippen molar-refractivity contribution in [3.05, 3.63) is 46.2 Å². The van der Waals surface area contributed by atoms with Gasteiger partial charge in [0.05, 0.1) is 10.9 Å². The molecule has 2 aliphatic carbocycles. The number of fused-ring (bicyclic) bond motifs is 3. The average Bonchev–Trinajstić information content (AvgIpc) is 2.62. The number of rotatable bonds is 1. The van der Waals surface area contributed by atoms with Gasteiger partial charge in [0.2, 0.25) is 5.78 Å². The minimum Gasteiger partial charge on any atom is -0.508 e. The Balaban J connectivity index is 2.07. The molecule has 2 aromatic carbocycles. The second kappa shape index (κ2) is 5.56. The molecular weight excluding hydrogens is 366 g/mol. The van der Waals surface area contributed by atoms with Gasteiger partial charge in [0.25, 0.3) is 5.91 Å². The second-order valence-electron chi connectivity index (χ2n) is 7.24. The van der Waals surface area contributed by atoms with E-state index in [-0.39, 0.29) is 29.5 Å². The molecular formula is C20H17NO7. The quantitative estimate of drug-likeness (QED) is 0.458. The number of Topliss-reactive ketones (excluding diaryl/α,β-unsaturated/α-hetero) is 2. The first kappa shape index (κ1) is 18.0. The van der Waals surface area contributed by atoms with E-state index in [1.807, 2.05) is 0 Å². The largest absolute Gasteiger partial charge is 0.508 e. The van der Waals surface area contributed by atoms with E-state index in [0.717, 1.165) is 0 Å². The molecule has 0 heterocycles. The highest BCUT2D eigenvalue weighted by molar-refractivity contribution is 6.23. The summed E-state index contributed by atoms with van der Waals surface area (Å²) in [6, 6.07) is 4.61. The van der Waals surface area contributed by atoms with Crippen molar-refractivity contribution in [3.8, 4) is 11.5 Å². The minimum absolute atomic E-state index is 0.00437. The number of nitrogens with two attached hydrogens (primary N) is 1. The van der Waals surface area contributed by atoms with Gasteiger partial charge in [-0.1, -0.05) is 12.1 Å². The van der Waals surface area contributed by atoms with Crippen LogP contribution in [0.4, 0.5) is 0 Å². The summed E-state index contributed by atoms with van der Waals surface area (Å²) >= 11 is 0. The van der Waals surface area contributed by atoms with E-state index in [1.54, 1.807) is 19.1 Å². The van der Waals surface area contributed by atoms with Crippen LogP contribution < -0.4 is 5.73 Å².